The highest BCUT2D eigenvalue weighted by Gasteiger charge is 2.18. The molecule has 1 aliphatic rings. The fourth-order valence-corrected chi connectivity index (χ4v) is 3.71. The van der Waals surface area contributed by atoms with Gasteiger partial charge in [0.1, 0.15) is 5.82 Å². The summed E-state index contributed by atoms with van der Waals surface area (Å²) >= 11 is 11.1. The molecule has 1 fully saturated rings. The number of piperazine rings is 1. The Balaban J connectivity index is 1.55. The van der Waals surface area contributed by atoms with Crippen molar-refractivity contribution >= 4 is 44.7 Å². The van der Waals surface area contributed by atoms with Gasteiger partial charge in [0.05, 0.1) is 4.34 Å². The normalized spacial score (nSPS) is 16.6. The molecule has 0 saturated carbocycles. The van der Waals surface area contributed by atoms with Crippen LogP contribution in [0.25, 0.3) is 0 Å². The van der Waals surface area contributed by atoms with E-state index in [-0.39, 0.29) is 0 Å². The maximum atomic E-state index is 5.97. The standard InChI is InChI=1S/C14H15BrClN3S/c15-11-1-4-14(17-9-11)19-7-5-18(6-8-19)10-12-2-3-13(16)20-12/h1-4,9H,5-8,10H2. The van der Waals surface area contributed by atoms with Gasteiger partial charge in [-0.1, -0.05) is 11.6 Å². The molecular formula is C14H15BrClN3S. The molecule has 20 heavy (non-hydrogen) atoms. The summed E-state index contributed by atoms with van der Waals surface area (Å²) in [6.45, 7) is 5.17. The summed E-state index contributed by atoms with van der Waals surface area (Å²) in [5.41, 5.74) is 0. The molecule has 0 unspecified atom stereocenters. The molecule has 106 valence electrons. The summed E-state index contributed by atoms with van der Waals surface area (Å²) in [4.78, 5) is 10.6. The summed E-state index contributed by atoms with van der Waals surface area (Å²) < 4.78 is 1.90. The van der Waals surface area contributed by atoms with Crippen LogP contribution in [0, 0.1) is 0 Å². The van der Waals surface area contributed by atoms with E-state index in [4.69, 9.17) is 11.6 Å². The molecule has 1 saturated heterocycles. The lowest BCUT2D eigenvalue weighted by molar-refractivity contribution is 0.251. The Morgan fingerprint density at radius 1 is 1.15 bits per heavy atom. The second kappa shape index (κ2) is 6.43. The molecule has 0 aromatic carbocycles. The highest BCUT2D eigenvalue weighted by molar-refractivity contribution is 9.10. The number of anilines is 1. The van der Waals surface area contributed by atoms with Crippen LogP contribution in [0.5, 0.6) is 0 Å². The van der Waals surface area contributed by atoms with E-state index in [9.17, 15) is 0 Å². The zero-order chi connectivity index (χ0) is 13.9. The maximum absolute atomic E-state index is 5.97. The Hall–Kier alpha value is -0.620. The fourth-order valence-electron chi connectivity index (χ4n) is 2.35. The lowest BCUT2D eigenvalue weighted by atomic mass is 10.3. The van der Waals surface area contributed by atoms with E-state index in [1.54, 1.807) is 11.3 Å². The number of nitrogens with zero attached hydrogens (tertiary/aromatic N) is 3. The first-order valence-corrected chi connectivity index (χ1v) is 8.52. The summed E-state index contributed by atoms with van der Waals surface area (Å²) in [5, 5.41) is 0. The summed E-state index contributed by atoms with van der Waals surface area (Å²) in [6.07, 6.45) is 1.86. The molecule has 3 rings (SSSR count). The van der Waals surface area contributed by atoms with Crippen LogP contribution < -0.4 is 4.90 Å². The Morgan fingerprint density at radius 2 is 1.95 bits per heavy atom. The van der Waals surface area contributed by atoms with Crippen molar-refractivity contribution in [2.45, 2.75) is 6.54 Å². The van der Waals surface area contributed by atoms with Crippen molar-refractivity contribution in [3.8, 4) is 0 Å². The minimum absolute atomic E-state index is 0.873. The first-order valence-electron chi connectivity index (χ1n) is 6.54. The minimum Gasteiger partial charge on any atom is -0.354 e. The second-order valence-corrected chi connectivity index (χ2v) is 7.52. The third-order valence-corrected chi connectivity index (χ3v) is 5.10. The van der Waals surface area contributed by atoms with Gasteiger partial charge < -0.3 is 4.90 Å². The highest BCUT2D eigenvalue weighted by Crippen LogP contribution is 2.23. The molecule has 2 aromatic heterocycles. The lowest BCUT2D eigenvalue weighted by Crippen LogP contribution is -2.46. The molecule has 0 spiro atoms. The minimum atomic E-state index is 0.873. The van der Waals surface area contributed by atoms with Crippen molar-refractivity contribution in [2.75, 3.05) is 31.1 Å². The molecule has 0 amide bonds. The van der Waals surface area contributed by atoms with Crippen molar-refractivity contribution in [2.24, 2.45) is 0 Å². The van der Waals surface area contributed by atoms with Crippen molar-refractivity contribution in [3.05, 3.63) is 44.1 Å². The molecular weight excluding hydrogens is 358 g/mol. The van der Waals surface area contributed by atoms with Gasteiger partial charge in [-0.25, -0.2) is 4.98 Å². The Labute approximate surface area is 136 Å². The van der Waals surface area contributed by atoms with Crippen LogP contribution >= 0.6 is 38.9 Å². The van der Waals surface area contributed by atoms with E-state index in [0.717, 1.165) is 47.4 Å². The molecule has 3 heterocycles. The summed E-state index contributed by atoms with van der Waals surface area (Å²) in [7, 11) is 0. The molecule has 0 N–H and O–H groups in total. The van der Waals surface area contributed by atoms with E-state index in [1.807, 2.05) is 18.3 Å². The van der Waals surface area contributed by atoms with Crippen LogP contribution in [-0.4, -0.2) is 36.1 Å². The highest BCUT2D eigenvalue weighted by atomic mass is 79.9. The Morgan fingerprint density at radius 3 is 2.55 bits per heavy atom. The first kappa shape index (κ1) is 14.3. The van der Waals surface area contributed by atoms with Crippen molar-refractivity contribution in [3.63, 3.8) is 0 Å². The third kappa shape index (κ3) is 3.52. The Bertz CT molecular complexity index is 564. The van der Waals surface area contributed by atoms with E-state index in [1.165, 1.54) is 4.88 Å². The zero-order valence-corrected chi connectivity index (χ0v) is 14.1. The van der Waals surface area contributed by atoms with Gasteiger partial charge in [0.2, 0.25) is 0 Å². The number of aromatic nitrogens is 1. The monoisotopic (exact) mass is 371 g/mol. The van der Waals surface area contributed by atoms with Crippen molar-refractivity contribution < 1.29 is 0 Å². The van der Waals surface area contributed by atoms with E-state index in [2.05, 4.69) is 42.8 Å². The van der Waals surface area contributed by atoms with Crippen LogP contribution in [0.2, 0.25) is 4.34 Å². The second-order valence-electron chi connectivity index (χ2n) is 4.80. The van der Waals surface area contributed by atoms with Crippen LogP contribution in [0.15, 0.2) is 34.9 Å². The van der Waals surface area contributed by atoms with E-state index >= 15 is 0 Å². The van der Waals surface area contributed by atoms with Crippen LogP contribution in [0.3, 0.4) is 0 Å². The Kier molecular flexibility index (Phi) is 4.61. The molecule has 0 atom stereocenters. The number of pyridine rings is 1. The van der Waals surface area contributed by atoms with Gasteiger partial charge in [0, 0.05) is 48.3 Å². The molecule has 0 radical (unpaired) electrons. The lowest BCUT2D eigenvalue weighted by Gasteiger charge is -2.35. The van der Waals surface area contributed by atoms with Gasteiger partial charge in [-0.3, -0.25) is 4.90 Å². The predicted octanol–water partition coefficient (Wildman–Crippen LogP) is 3.88. The summed E-state index contributed by atoms with van der Waals surface area (Å²) in [5.74, 6) is 1.06. The number of hydrogen-bond acceptors (Lipinski definition) is 4. The van der Waals surface area contributed by atoms with Crippen LogP contribution in [0.4, 0.5) is 5.82 Å². The number of halogens is 2. The fraction of sp³-hybridized carbons (Fsp3) is 0.357. The number of hydrogen-bond donors (Lipinski definition) is 0. The SMILES string of the molecule is Clc1ccc(CN2CCN(c3ccc(Br)cn3)CC2)s1. The topological polar surface area (TPSA) is 19.4 Å². The van der Waals surface area contributed by atoms with E-state index < -0.39 is 0 Å². The van der Waals surface area contributed by atoms with Crippen molar-refractivity contribution in [1.29, 1.82) is 0 Å². The predicted molar refractivity (Wildman–Crippen MR) is 88.8 cm³/mol. The largest absolute Gasteiger partial charge is 0.354 e. The van der Waals surface area contributed by atoms with Gasteiger partial charge >= 0.3 is 0 Å². The first-order chi connectivity index (χ1) is 9.70. The van der Waals surface area contributed by atoms with E-state index in [0.29, 0.717) is 0 Å². The van der Waals surface area contributed by atoms with Gasteiger partial charge in [0.25, 0.3) is 0 Å². The quantitative estimate of drug-likeness (QED) is 0.815. The molecule has 6 heteroatoms. The average molecular weight is 373 g/mol. The maximum Gasteiger partial charge on any atom is 0.128 e. The van der Waals surface area contributed by atoms with Gasteiger partial charge in [0.15, 0.2) is 0 Å². The molecule has 2 aromatic rings. The zero-order valence-electron chi connectivity index (χ0n) is 10.9. The third-order valence-electron chi connectivity index (χ3n) is 3.42. The number of thiophene rings is 1. The smallest absolute Gasteiger partial charge is 0.128 e. The summed E-state index contributed by atoms with van der Waals surface area (Å²) in [6, 6.07) is 8.21. The van der Waals surface area contributed by atoms with Gasteiger partial charge in [-0.15, -0.1) is 11.3 Å². The molecule has 0 bridgehead atoms. The molecule has 3 nitrogen and oxygen atoms in total. The van der Waals surface area contributed by atoms with Crippen LogP contribution in [0.1, 0.15) is 4.88 Å². The van der Waals surface area contributed by atoms with Gasteiger partial charge in [-0.2, -0.15) is 0 Å². The molecule has 0 aliphatic carbocycles. The molecule has 1 aliphatic heterocycles. The number of rotatable bonds is 3. The average Bonchev–Trinajstić information content (AvgIpc) is 2.86. The van der Waals surface area contributed by atoms with Gasteiger partial charge in [-0.05, 0) is 40.2 Å². The van der Waals surface area contributed by atoms with Crippen LogP contribution in [-0.2, 0) is 6.54 Å². The van der Waals surface area contributed by atoms with Crippen molar-refractivity contribution in [1.82, 2.24) is 9.88 Å².